The minimum absolute atomic E-state index is 0.0483. The first-order chi connectivity index (χ1) is 13.8. The summed E-state index contributed by atoms with van der Waals surface area (Å²) in [5.74, 6) is 2.12. The van der Waals surface area contributed by atoms with Crippen molar-refractivity contribution in [3.8, 4) is 0 Å². The molecule has 4 fully saturated rings. The van der Waals surface area contributed by atoms with Crippen molar-refractivity contribution in [1.82, 2.24) is 9.97 Å². The molecule has 1 aromatic rings. The summed E-state index contributed by atoms with van der Waals surface area (Å²) in [5.41, 5.74) is 0.0967. The van der Waals surface area contributed by atoms with Gasteiger partial charge in [0.15, 0.2) is 0 Å². The highest BCUT2D eigenvalue weighted by atomic mass is 16.5. The Morgan fingerprint density at radius 2 is 1.14 bits per heavy atom. The molecule has 0 unspecified atom stereocenters. The van der Waals surface area contributed by atoms with Crippen LogP contribution < -0.4 is 9.80 Å². The summed E-state index contributed by atoms with van der Waals surface area (Å²) >= 11 is 0. The van der Waals surface area contributed by atoms with Gasteiger partial charge in [0.05, 0.1) is 24.4 Å². The van der Waals surface area contributed by atoms with Gasteiger partial charge in [0.1, 0.15) is 18.0 Å². The number of morpholine rings is 2. The van der Waals surface area contributed by atoms with Gasteiger partial charge >= 0.3 is 0 Å². The van der Waals surface area contributed by atoms with E-state index >= 15 is 0 Å². The van der Waals surface area contributed by atoms with Crippen LogP contribution >= 0.6 is 0 Å². The molecule has 2 aliphatic heterocycles. The van der Waals surface area contributed by atoms with E-state index in [1.807, 2.05) is 0 Å². The molecule has 2 saturated heterocycles. The lowest BCUT2D eigenvalue weighted by atomic mass is 9.83. The topological polar surface area (TPSA) is 50.7 Å². The van der Waals surface area contributed by atoms with Crippen LogP contribution in [0, 0.1) is 0 Å². The van der Waals surface area contributed by atoms with Crippen LogP contribution in [0.5, 0.6) is 0 Å². The molecule has 4 aliphatic rings. The lowest BCUT2D eigenvalue weighted by molar-refractivity contribution is -0.0785. The first-order valence-corrected chi connectivity index (χ1v) is 11.4. The molecule has 6 nitrogen and oxygen atoms in total. The minimum atomic E-state index is 0.0483. The second kappa shape index (κ2) is 7.79. The van der Waals surface area contributed by atoms with E-state index in [-0.39, 0.29) is 11.2 Å². The van der Waals surface area contributed by atoms with E-state index in [1.54, 1.807) is 6.33 Å². The largest absolute Gasteiger partial charge is 0.371 e. The van der Waals surface area contributed by atoms with Crippen molar-refractivity contribution in [1.29, 1.82) is 0 Å². The number of hydrogen-bond acceptors (Lipinski definition) is 6. The van der Waals surface area contributed by atoms with Crippen molar-refractivity contribution in [2.45, 2.75) is 75.4 Å². The van der Waals surface area contributed by atoms with E-state index < -0.39 is 0 Å². The monoisotopic (exact) mass is 386 g/mol. The first-order valence-electron chi connectivity index (χ1n) is 11.4. The molecule has 5 rings (SSSR count). The molecule has 0 radical (unpaired) electrons. The highest BCUT2D eigenvalue weighted by Crippen LogP contribution is 2.37. The second-order valence-electron chi connectivity index (χ2n) is 9.26. The number of ether oxygens (including phenoxy) is 2. The quantitative estimate of drug-likeness (QED) is 0.775. The van der Waals surface area contributed by atoms with E-state index in [0.29, 0.717) is 0 Å². The van der Waals surface area contributed by atoms with E-state index in [1.165, 1.54) is 64.2 Å². The smallest absolute Gasteiger partial charge is 0.134 e. The molecule has 0 N–H and O–H groups in total. The van der Waals surface area contributed by atoms with Crippen molar-refractivity contribution in [2.75, 3.05) is 49.2 Å². The van der Waals surface area contributed by atoms with Crippen LogP contribution in [0.4, 0.5) is 11.6 Å². The van der Waals surface area contributed by atoms with Gasteiger partial charge in [-0.1, -0.05) is 38.5 Å². The summed E-state index contributed by atoms with van der Waals surface area (Å²) in [7, 11) is 0. The zero-order valence-electron chi connectivity index (χ0n) is 17.1. The normalized spacial score (nSPS) is 27.3. The van der Waals surface area contributed by atoms with Crippen LogP contribution in [0.25, 0.3) is 0 Å². The summed E-state index contributed by atoms with van der Waals surface area (Å²) in [4.78, 5) is 14.1. The number of rotatable bonds is 2. The minimum Gasteiger partial charge on any atom is -0.371 e. The third-order valence-corrected chi connectivity index (χ3v) is 7.31. The van der Waals surface area contributed by atoms with Crippen LogP contribution in [-0.2, 0) is 9.47 Å². The fraction of sp³-hybridized carbons (Fsp3) is 0.818. The van der Waals surface area contributed by atoms with Gasteiger partial charge in [-0.3, -0.25) is 0 Å². The van der Waals surface area contributed by atoms with Crippen molar-refractivity contribution >= 4 is 11.6 Å². The predicted molar refractivity (Wildman–Crippen MR) is 110 cm³/mol. The Balaban J connectivity index is 1.32. The standard InChI is InChI=1S/C22H34N4O2/c1-3-7-21(8-4-1)16-25(11-13-27-21)19-15-20(24-18-23-19)26-12-14-28-22(17-26)9-5-2-6-10-22/h15,18H,1-14,16-17H2. The van der Waals surface area contributed by atoms with Crippen molar-refractivity contribution in [3.05, 3.63) is 12.4 Å². The average Bonchev–Trinajstić information content (AvgIpc) is 2.75. The van der Waals surface area contributed by atoms with Crippen LogP contribution in [0.1, 0.15) is 64.2 Å². The van der Waals surface area contributed by atoms with E-state index in [0.717, 1.165) is 51.0 Å². The molecule has 0 aromatic carbocycles. The fourth-order valence-electron chi connectivity index (χ4n) is 5.76. The molecule has 6 heteroatoms. The third kappa shape index (κ3) is 3.73. The molecule has 0 atom stereocenters. The third-order valence-electron chi connectivity index (χ3n) is 7.31. The maximum absolute atomic E-state index is 6.27. The van der Waals surface area contributed by atoms with Crippen LogP contribution in [0.2, 0.25) is 0 Å². The molecule has 0 bridgehead atoms. The van der Waals surface area contributed by atoms with E-state index in [9.17, 15) is 0 Å². The zero-order chi connectivity index (χ0) is 18.9. The highest BCUT2D eigenvalue weighted by molar-refractivity contribution is 5.51. The predicted octanol–water partition coefficient (Wildman–Crippen LogP) is 3.56. The van der Waals surface area contributed by atoms with Gasteiger partial charge in [-0.2, -0.15) is 0 Å². The Labute approximate surface area is 168 Å². The summed E-state index contributed by atoms with van der Waals surface area (Å²) < 4.78 is 12.5. The Morgan fingerprint density at radius 1 is 0.679 bits per heavy atom. The van der Waals surface area contributed by atoms with Gasteiger partial charge in [-0.05, 0) is 25.7 Å². The Morgan fingerprint density at radius 3 is 1.61 bits per heavy atom. The van der Waals surface area contributed by atoms with Gasteiger partial charge in [-0.25, -0.2) is 9.97 Å². The Kier molecular flexibility index (Phi) is 5.18. The maximum Gasteiger partial charge on any atom is 0.134 e. The maximum atomic E-state index is 6.27. The molecule has 2 saturated carbocycles. The van der Waals surface area contributed by atoms with Crippen LogP contribution in [0.3, 0.4) is 0 Å². The number of nitrogens with zero attached hydrogens (tertiary/aromatic N) is 4. The van der Waals surface area contributed by atoms with Crippen molar-refractivity contribution in [2.24, 2.45) is 0 Å². The number of hydrogen-bond donors (Lipinski definition) is 0. The molecule has 154 valence electrons. The zero-order valence-corrected chi connectivity index (χ0v) is 17.1. The molecular weight excluding hydrogens is 352 g/mol. The molecular formula is C22H34N4O2. The lowest BCUT2D eigenvalue weighted by Crippen LogP contribution is -2.54. The molecule has 2 spiro atoms. The molecule has 28 heavy (non-hydrogen) atoms. The van der Waals surface area contributed by atoms with Gasteiger partial charge in [0, 0.05) is 32.2 Å². The first kappa shape index (κ1) is 18.6. The highest BCUT2D eigenvalue weighted by Gasteiger charge is 2.40. The molecule has 2 aliphatic carbocycles. The van der Waals surface area contributed by atoms with E-state index in [2.05, 4.69) is 25.8 Å². The van der Waals surface area contributed by atoms with Crippen molar-refractivity contribution in [3.63, 3.8) is 0 Å². The number of anilines is 2. The van der Waals surface area contributed by atoms with Gasteiger partial charge < -0.3 is 19.3 Å². The van der Waals surface area contributed by atoms with Crippen LogP contribution in [-0.4, -0.2) is 60.6 Å². The SMILES string of the molecule is c1nc(N2CCOC3(CCCCC3)C2)cc(N2CCOC3(CCCCC3)C2)n1. The average molecular weight is 387 g/mol. The molecule has 1 aromatic heterocycles. The lowest BCUT2D eigenvalue weighted by Gasteiger charge is -2.46. The molecule has 0 amide bonds. The summed E-state index contributed by atoms with van der Waals surface area (Å²) in [6.07, 6.45) is 14.4. The fourth-order valence-corrected chi connectivity index (χ4v) is 5.76. The number of aromatic nitrogens is 2. The van der Waals surface area contributed by atoms with E-state index in [4.69, 9.17) is 9.47 Å². The Hall–Kier alpha value is -1.40. The summed E-state index contributed by atoms with van der Waals surface area (Å²) in [5, 5.41) is 0. The van der Waals surface area contributed by atoms with Crippen LogP contribution in [0.15, 0.2) is 12.4 Å². The van der Waals surface area contributed by atoms with Gasteiger partial charge in [0.25, 0.3) is 0 Å². The Bertz CT molecular complexity index is 606. The summed E-state index contributed by atoms with van der Waals surface area (Å²) in [6.45, 7) is 5.39. The van der Waals surface area contributed by atoms with Gasteiger partial charge in [-0.15, -0.1) is 0 Å². The second-order valence-corrected chi connectivity index (χ2v) is 9.26. The summed E-state index contributed by atoms with van der Waals surface area (Å²) in [6, 6.07) is 2.20. The molecule has 3 heterocycles. The van der Waals surface area contributed by atoms with Gasteiger partial charge in [0.2, 0.25) is 0 Å². The van der Waals surface area contributed by atoms with Crippen molar-refractivity contribution < 1.29 is 9.47 Å².